The lowest BCUT2D eigenvalue weighted by molar-refractivity contribution is -0.140. The maximum atomic E-state index is 5.70. The zero-order valence-electron chi connectivity index (χ0n) is 10.5. The molecule has 0 aliphatic carbocycles. The molecule has 1 aromatic rings. The van der Waals surface area contributed by atoms with Crippen molar-refractivity contribution < 1.29 is 14.2 Å². The minimum atomic E-state index is -0.426. The second kappa shape index (κ2) is 5.63. The molecular formula is C14H20O3. The molecule has 1 aliphatic rings. The van der Waals surface area contributed by atoms with Crippen molar-refractivity contribution in [2.45, 2.75) is 38.8 Å². The summed E-state index contributed by atoms with van der Waals surface area (Å²) >= 11 is 0. The Balaban J connectivity index is 1.61. The summed E-state index contributed by atoms with van der Waals surface area (Å²) in [5.41, 5.74) is 1.21. The van der Waals surface area contributed by atoms with E-state index in [0.29, 0.717) is 19.8 Å². The van der Waals surface area contributed by atoms with E-state index in [-0.39, 0.29) is 6.10 Å². The minimum absolute atomic E-state index is 0.167. The first-order valence-electron chi connectivity index (χ1n) is 6.09. The Bertz CT molecular complexity index is 335. The van der Waals surface area contributed by atoms with E-state index in [1.807, 2.05) is 32.0 Å². The van der Waals surface area contributed by atoms with Crippen LogP contribution in [0.1, 0.15) is 25.8 Å². The van der Waals surface area contributed by atoms with Crippen LogP contribution in [0.15, 0.2) is 30.3 Å². The van der Waals surface area contributed by atoms with Gasteiger partial charge in [-0.15, -0.1) is 0 Å². The van der Waals surface area contributed by atoms with E-state index >= 15 is 0 Å². The molecular weight excluding hydrogens is 216 g/mol. The average Bonchev–Trinajstić information content (AvgIpc) is 2.66. The maximum Gasteiger partial charge on any atom is 0.163 e. The Morgan fingerprint density at radius 2 is 2.06 bits per heavy atom. The van der Waals surface area contributed by atoms with E-state index in [4.69, 9.17) is 14.2 Å². The van der Waals surface area contributed by atoms with Gasteiger partial charge in [-0.1, -0.05) is 30.3 Å². The lowest BCUT2D eigenvalue weighted by atomic mass is 10.2. The Labute approximate surface area is 103 Å². The van der Waals surface area contributed by atoms with Gasteiger partial charge in [0.1, 0.15) is 0 Å². The minimum Gasteiger partial charge on any atom is -0.377 e. The van der Waals surface area contributed by atoms with Crippen LogP contribution in [-0.2, 0) is 20.8 Å². The molecule has 94 valence electrons. The van der Waals surface area contributed by atoms with Gasteiger partial charge in [0.2, 0.25) is 0 Å². The molecule has 3 heteroatoms. The van der Waals surface area contributed by atoms with Gasteiger partial charge < -0.3 is 14.2 Å². The lowest BCUT2D eigenvalue weighted by Gasteiger charge is -2.17. The molecule has 0 N–H and O–H groups in total. The van der Waals surface area contributed by atoms with Crippen molar-refractivity contribution in [1.82, 2.24) is 0 Å². The van der Waals surface area contributed by atoms with E-state index in [1.165, 1.54) is 5.56 Å². The van der Waals surface area contributed by atoms with E-state index in [0.717, 1.165) is 6.42 Å². The summed E-state index contributed by atoms with van der Waals surface area (Å²) in [4.78, 5) is 0. The van der Waals surface area contributed by atoms with E-state index in [1.54, 1.807) is 0 Å². The maximum absolute atomic E-state index is 5.70. The number of hydrogen-bond acceptors (Lipinski definition) is 3. The monoisotopic (exact) mass is 236 g/mol. The SMILES string of the molecule is CC1(C)OCC(CCOCc2ccccc2)O1. The third-order valence-corrected chi connectivity index (χ3v) is 2.76. The fourth-order valence-electron chi connectivity index (χ4n) is 1.88. The van der Waals surface area contributed by atoms with Crippen molar-refractivity contribution in [1.29, 1.82) is 0 Å². The normalized spacial score (nSPS) is 22.8. The molecule has 2 rings (SSSR count). The quantitative estimate of drug-likeness (QED) is 0.736. The lowest BCUT2D eigenvalue weighted by Crippen LogP contribution is -2.22. The van der Waals surface area contributed by atoms with Gasteiger partial charge in [-0.05, 0) is 25.8 Å². The van der Waals surface area contributed by atoms with Crippen LogP contribution in [-0.4, -0.2) is 25.1 Å². The molecule has 1 saturated heterocycles. The van der Waals surface area contributed by atoms with Gasteiger partial charge in [0.25, 0.3) is 0 Å². The number of rotatable bonds is 5. The van der Waals surface area contributed by atoms with Crippen LogP contribution in [0.25, 0.3) is 0 Å². The molecule has 0 amide bonds. The largest absolute Gasteiger partial charge is 0.377 e. The van der Waals surface area contributed by atoms with Gasteiger partial charge >= 0.3 is 0 Å². The Hall–Kier alpha value is -0.900. The molecule has 0 saturated carbocycles. The fraction of sp³-hybridized carbons (Fsp3) is 0.571. The highest BCUT2D eigenvalue weighted by atomic mass is 16.7. The third-order valence-electron chi connectivity index (χ3n) is 2.76. The first-order chi connectivity index (χ1) is 8.16. The summed E-state index contributed by atoms with van der Waals surface area (Å²) in [6.07, 6.45) is 1.05. The Kier molecular flexibility index (Phi) is 4.15. The predicted molar refractivity (Wildman–Crippen MR) is 65.6 cm³/mol. The molecule has 1 aliphatic heterocycles. The topological polar surface area (TPSA) is 27.7 Å². The van der Waals surface area contributed by atoms with Gasteiger partial charge in [0, 0.05) is 6.61 Å². The van der Waals surface area contributed by atoms with Crippen molar-refractivity contribution in [3.63, 3.8) is 0 Å². The third kappa shape index (κ3) is 4.11. The molecule has 1 heterocycles. The smallest absolute Gasteiger partial charge is 0.163 e. The molecule has 17 heavy (non-hydrogen) atoms. The summed E-state index contributed by atoms with van der Waals surface area (Å²) in [6, 6.07) is 10.2. The highest BCUT2D eigenvalue weighted by Gasteiger charge is 2.32. The van der Waals surface area contributed by atoms with Gasteiger partial charge in [-0.25, -0.2) is 0 Å². The number of ether oxygens (including phenoxy) is 3. The summed E-state index contributed by atoms with van der Waals surface area (Å²) < 4.78 is 16.8. The highest BCUT2D eigenvalue weighted by molar-refractivity contribution is 5.13. The summed E-state index contributed by atoms with van der Waals surface area (Å²) in [5, 5.41) is 0. The highest BCUT2D eigenvalue weighted by Crippen LogP contribution is 2.23. The van der Waals surface area contributed by atoms with Gasteiger partial charge in [-0.2, -0.15) is 0 Å². The van der Waals surface area contributed by atoms with Crippen molar-refractivity contribution in [3.05, 3.63) is 35.9 Å². The molecule has 1 unspecified atom stereocenters. The van der Waals surface area contributed by atoms with Crippen LogP contribution in [0.3, 0.4) is 0 Å². The molecule has 0 bridgehead atoms. The predicted octanol–water partition coefficient (Wildman–Crippen LogP) is 2.74. The van der Waals surface area contributed by atoms with E-state index in [2.05, 4.69) is 12.1 Å². The van der Waals surface area contributed by atoms with Crippen LogP contribution in [0.4, 0.5) is 0 Å². The molecule has 1 aromatic carbocycles. The van der Waals surface area contributed by atoms with Crippen LogP contribution in [0.2, 0.25) is 0 Å². The Morgan fingerprint density at radius 3 is 2.71 bits per heavy atom. The van der Waals surface area contributed by atoms with Crippen LogP contribution < -0.4 is 0 Å². The van der Waals surface area contributed by atoms with Crippen molar-refractivity contribution in [3.8, 4) is 0 Å². The first kappa shape index (κ1) is 12.6. The van der Waals surface area contributed by atoms with Crippen molar-refractivity contribution in [2.24, 2.45) is 0 Å². The molecule has 0 spiro atoms. The van der Waals surface area contributed by atoms with Crippen molar-refractivity contribution >= 4 is 0 Å². The van der Waals surface area contributed by atoms with Crippen LogP contribution >= 0.6 is 0 Å². The zero-order chi connectivity index (χ0) is 12.1. The van der Waals surface area contributed by atoms with Crippen LogP contribution in [0, 0.1) is 0 Å². The van der Waals surface area contributed by atoms with Gasteiger partial charge in [-0.3, -0.25) is 0 Å². The molecule has 1 atom stereocenters. The zero-order valence-corrected chi connectivity index (χ0v) is 10.5. The average molecular weight is 236 g/mol. The Morgan fingerprint density at radius 1 is 1.29 bits per heavy atom. The van der Waals surface area contributed by atoms with E-state index in [9.17, 15) is 0 Å². The summed E-state index contributed by atoms with van der Waals surface area (Å²) in [5.74, 6) is -0.426. The number of benzene rings is 1. The fourth-order valence-corrected chi connectivity index (χ4v) is 1.88. The summed E-state index contributed by atoms with van der Waals surface area (Å²) in [7, 11) is 0. The van der Waals surface area contributed by atoms with Gasteiger partial charge in [0.15, 0.2) is 5.79 Å². The van der Waals surface area contributed by atoms with Gasteiger partial charge in [0.05, 0.1) is 19.3 Å². The van der Waals surface area contributed by atoms with E-state index < -0.39 is 5.79 Å². The second-order valence-corrected chi connectivity index (χ2v) is 4.78. The molecule has 0 radical (unpaired) electrons. The summed E-state index contributed by atoms with van der Waals surface area (Å²) in [6.45, 7) is 5.92. The van der Waals surface area contributed by atoms with Crippen LogP contribution in [0.5, 0.6) is 0 Å². The second-order valence-electron chi connectivity index (χ2n) is 4.78. The standard InChI is InChI=1S/C14H20O3/c1-14(2)16-11-13(17-14)8-9-15-10-12-6-4-3-5-7-12/h3-7,13H,8-11H2,1-2H3. The number of hydrogen-bond donors (Lipinski definition) is 0. The van der Waals surface area contributed by atoms with Crippen molar-refractivity contribution in [2.75, 3.05) is 13.2 Å². The molecule has 1 fully saturated rings. The molecule has 3 nitrogen and oxygen atoms in total. The molecule has 0 aromatic heterocycles. The first-order valence-corrected chi connectivity index (χ1v) is 6.09.